The minimum atomic E-state index is 1.04. The lowest BCUT2D eigenvalue weighted by Gasteiger charge is -2.11. The highest BCUT2D eigenvalue weighted by molar-refractivity contribution is 6.15. The lowest BCUT2D eigenvalue weighted by Crippen LogP contribution is -1.93. The molecule has 0 saturated carbocycles. The van der Waals surface area contributed by atoms with E-state index in [2.05, 4.69) is 77.0 Å². The van der Waals surface area contributed by atoms with Crippen molar-refractivity contribution in [3.05, 3.63) is 72.6 Å². The molecule has 0 unspecified atom stereocenters. The van der Waals surface area contributed by atoms with Crippen LogP contribution in [0, 0.1) is 6.92 Å². The summed E-state index contributed by atoms with van der Waals surface area (Å²) in [6, 6.07) is 21.6. The maximum absolute atomic E-state index is 4.64. The third kappa shape index (κ3) is 1.41. The Kier molecular flexibility index (Phi) is 2.18. The Hall–Kier alpha value is -2.87. The Bertz CT molecular complexity index is 1180. The van der Waals surface area contributed by atoms with E-state index in [1.807, 2.05) is 6.20 Å². The van der Waals surface area contributed by atoms with Gasteiger partial charge in [-0.2, -0.15) is 0 Å². The van der Waals surface area contributed by atoms with Crippen molar-refractivity contribution < 1.29 is 0 Å². The highest BCUT2D eigenvalue weighted by Gasteiger charge is 2.11. The second-order valence-corrected chi connectivity index (χ2v) is 5.82. The summed E-state index contributed by atoms with van der Waals surface area (Å²) in [7, 11) is 0. The van der Waals surface area contributed by atoms with Crippen LogP contribution in [0.3, 0.4) is 0 Å². The summed E-state index contributed by atoms with van der Waals surface area (Å²) in [6.07, 6.45) is 1.95. The molecule has 5 aromatic rings. The Morgan fingerprint density at radius 2 is 1.45 bits per heavy atom. The van der Waals surface area contributed by atoms with Crippen molar-refractivity contribution in [1.29, 1.82) is 0 Å². The van der Waals surface area contributed by atoms with E-state index in [0.717, 1.165) is 5.65 Å². The van der Waals surface area contributed by atoms with Crippen molar-refractivity contribution in [2.45, 2.75) is 6.92 Å². The van der Waals surface area contributed by atoms with Crippen LogP contribution in [-0.4, -0.2) is 9.38 Å². The molecule has 0 radical (unpaired) electrons. The lowest BCUT2D eigenvalue weighted by molar-refractivity contribution is 1.17. The largest absolute Gasteiger partial charge is 0.296 e. The molecule has 0 aliphatic rings. The van der Waals surface area contributed by atoms with Crippen LogP contribution in [0.1, 0.15) is 5.69 Å². The fraction of sp³-hybridized carbons (Fsp3) is 0.0500. The van der Waals surface area contributed by atoms with Gasteiger partial charge in [0.1, 0.15) is 5.65 Å². The van der Waals surface area contributed by atoms with Crippen molar-refractivity contribution >= 4 is 38.1 Å². The zero-order valence-corrected chi connectivity index (χ0v) is 12.2. The fourth-order valence-corrected chi connectivity index (χ4v) is 3.47. The molecular weight excluding hydrogens is 268 g/mol. The average molecular weight is 282 g/mol. The number of aromatic nitrogens is 2. The summed E-state index contributed by atoms with van der Waals surface area (Å²) >= 11 is 0. The topological polar surface area (TPSA) is 17.3 Å². The monoisotopic (exact) mass is 282 g/mol. The van der Waals surface area contributed by atoms with Crippen molar-refractivity contribution in [2.24, 2.45) is 0 Å². The van der Waals surface area contributed by atoms with E-state index in [1.54, 1.807) is 0 Å². The molecule has 0 spiro atoms. The quantitative estimate of drug-likeness (QED) is 0.285. The van der Waals surface area contributed by atoms with Gasteiger partial charge in [0.15, 0.2) is 0 Å². The second-order valence-electron chi connectivity index (χ2n) is 5.82. The Morgan fingerprint density at radius 3 is 2.27 bits per heavy atom. The normalized spacial score (nSPS) is 11.9. The first-order chi connectivity index (χ1) is 10.8. The minimum Gasteiger partial charge on any atom is -0.296 e. The SMILES string of the molecule is Cc1cnc2c3ccccc3c3cc4ccccc4cc3n12. The number of fused-ring (bicyclic) bond motifs is 7. The van der Waals surface area contributed by atoms with Gasteiger partial charge in [0.05, 0.1) is 5.52 Å². The van der Waals surface area contributed by atoms with Crippen LogP contribution in [0.15, 0.2) is 66.9 Å². The molecule has 2 heterocycles. The summed E-state index contributed by atoms with van der Waals surface area (Å²) in [5, 5.41) is 6.29. The predicted octanol–water partition coefficient (Wildman–Crippen LogP) is 5.10. The van der Waals surface area contributed by atoms with Crippen molar-refractivity contribution in [2.75, 3.05) is 0 Å². The van der Waals surface area contributed by atoms with E-state index in [0.29, 0.717) is 0 Å². The third-order valence-electron chi connectivity index (χ3n) is 4.50. The molecule has 22 heavy (non-hydrogen) atoms. The Labute approximate surface area is 127 Å². The molecule has 0 aliphatic heterocycles. The smallest absolute Gasteiger partial charge is 0.145 e. The van der Waals surface area contributed by atoms with E-state index in [4.69, 9.17) is 0 Å². The summed E-state index contributed by atoms with van der Waals surface area (Å²) in [5.74, 6) is 0. The first kappa shape index (κ1) is 11.8. The summed E-state index contributed by atoms with van der Waals surface area (Å²) in [6.45, 7) is 2.11. The van der Waals surface area contributed by atoms with E-state index >= 15 is 0 Å². The van der Waals surface area contributed by atoms with Crippen molar-refractivity contribution in [3.8, 4) is 0 Å². The molecule has 0 saturated heterocycles. The van der Waals surface area contributed by atoms with Crippen LogP contribution < -0.4 is 0 Å². The van der Waals surface area contributed by atoms with Gasteiger partial charge >= 0.3 is 0 Å². The number of nitrogens with zero attached hydrogens (tertiary/aromatic N) is 2. The van der Waals surface area contributed by atoms with E-state index in [1.165, 1.54) is 38.1 Å². The fourth-order valence-electron chi connectivity index (χ4n) is 3.47. The number of imidazole rings is 1. The molecular formula is C20H14N2. The molecule has 0 aliphatic carbocycles. The summed E-state index contributed by atoms with van der Waals surface area (Å²) in [5.41, 5.74) is 3.43. The number of benzene rings is 3. The van der Waals surface area contributed by atoms with E-state index in [9.17, 15) is 0 Å². The predicted molar refractivity (Wildman–Crippen MR) is 92.4 cm³/mol. The molecule has 5 rings (SSSR count). The molecule has 2 aromatic heterocycles. The maximum atomic E-state index is 4.64. The van der Waals surface area contributed by atoms with Gasteiger partial charge in [-0.25, -0.2) is 4.98 Å². The van der Waals surface area contributed by atoms with Crippen molar-refractivity contribution in [1.82, 2.24) is 9.38 Å². The van der Waals surface area contributed by atoms with Gasteiger partial charge in [-0.1, -0.05) is 48.5 Å². The van der Waals surface area contributed by atoms with Crippen molar-refractivity contribution in [3.63, 3.8) is 0 Å². The first-order valence-electron chi connectivity index (χ1n) is 7.50. The molecule has 0 N–H and O–H groups in total. The molecule has 2 heteroatoms. The van der Waals surface area contributed by atoms with Crippen LogP contribution in [0.4, 0.5) is 0 Å². The number of rotatable bonds is 0. The van der Waals surface area contributed by atoms with E-state index in [-0.39, 0.29) is 0 Å². The summed E-state index contributed by atoms with van der Waals surface area (Å²) < 4.78 is 2.27. The minimum absolute atomic E-state index is 1.04. The molecule has 104 valence electrons. The van der Waals surface area contributed by atoms with Gasteiger partial charge < -0.3 is 0 Å². The average Bonchev–Trinajstić information content (AvgIpc) is 2.96. The maximum Gasteiger partial charge on any atom is 0.145 e. The standard InChI is InChI=1S/C20H14N2/c1-13-12-21-20-17-9-5-4-8-16(17)18-10-14-6-2-3-7-15(14)11-19(18)22(13)20/h2-12H,1H3. The van der Waals surface area contributed by atoms with Gasteiger partial charge in [-0.15, -0.1) is 0 Å². The Morgan fingerprint density at radius 1 is 0.773 bits per heavy atom. The molecule has 0 fully saturated rings. The number of hydrogen-bond donors (Lipinski definition) is 0. The third-order valence-corrected chi connectivity index (χ3v) is 4.50. The molecule has 0 amide bonds. The van der Waals surface area contributed by atoms with Gasteiger partial charge in [-0.3, -0.25) is 4.40 Å². The Balaban J connectivity index is 2.19. The van der Waals surface area contributed by atoms with Gasteiger partial charge in [-0.05, 0) is 35.2 Å². The number of hydrogen-bond acceptors (Lipinski definition) is 1. The van der Waals surface area contributed by atoms with Crippen LogP contribution in [0.2, 0.25) is 0 Å². The van der Waals surface area contributed by atoms with Crippen LogP contribution in [-0.2, 0) is 0 Å². The van der Waals surface area contributed by atoms with Gasteiger partial charge in [0, 0.05) is 22.7 Å². The molecule has 3 aromatic carbocycles. The lowest BCUT2D eigenvalue weighted by atomic mass is 10.0. The highest BCUT2D eigenvalue weighted by atomic mass is 15.0. The number of aryl methyl sites for hydroxylation is 1. The summed E-state index contributed by atoms with van der Waals surface area (Å²) in [4.78, 5) is 4.64. The zero-order chi connectivity index (χ0) is 14.7. The van der Waals surface area contributed by atoms with Crippen LogP contribution >= 0.6 is 0 Å². The van der Waals surface area contributed by atoms with Crippen LogP contribution in [0.5, 0.6) is 0 Å². The van der Waals surface area contributed by atoms with Crippen LogP contribution in [0.25, 0.3) is 38.1 Å². The molecule has 0 bridgehead atoms. The first-order valence-corrected chi connectivity index (χ1v) is 7.50. The van der Waals surface area contributed by atoms with E-state index < -0.39 is 0 Å². The molecule has 0 atom stereocenters. The van der Waals surface area contributed by atoms with Gasteiger partial charge in [0.25, 0.3) is 0 Å². The molecule has 2 nitrogen and oxygen atoms in total. The second kappa shape index (κ2) is 4.08. The number of pyridine rings is 1. The zero-order valence-electron chi connectivity index (χ0n) is 12.2. The van der Waals surface area contributed by atoms with Gasteiger partial charge in [0.2, 0.25) is 0 Å². The highest BCUT2D eigenvalue weighted by Crippen LogP contribution is 2.32.